The number of aliphatic hydroxyl groups excluding tert-OH is 1. The Morgan fingerprint density at radius 2 is 2.38 bits per heavy atom. The first kappa shape index (κ1) is 8.44. The molecule has 4 nitrogen and oxygen atoms in total. The highest BCUT2D eigenvalue weighted by Gasteiger charge is 2.36. The Kier molecular flexibility index (Phi) is 2.14. The van der Waals surface area contributed by atoms with Crippen molar-refractivity contribution in [2.75, 3.05) is 11.9 Å². The van der Waals surface area contributed by atoms with Crippen molar-refractivity contribution in [3.05, 3.63) is 18.3 Å². The van der Waals surface area contributed by atoms with Crippen molar-refractivity contribution < 1.29 is 5.11 Å². The lowest BCUT2D eigenvalue weighted by Gasteiger charge is -2.41. The average molecular weight is 179 g/mol. The highest BCUT2D eigenvalue weighted by Crippen LogP contribution is 2.33. The summed E-state index contributed by atoms with van der Waals surface area (Å²) >= 11 is 0. The number of hydrogen-bond donors (Lipinski definition) is 2. The largest absolute Gasteiger partial charge is 0.394 e. The minimum absolute atomic E-state index is 0.129. The molecule has 1 aromatic heterocycles. The first-order valence-corrected chi connectivity index (χ1v) is 4.51. The van der Waals surface area contributed by atoms with Crippen LogP contribution in [0.3, 0.4) is 0 Å². The van der Waals surface area contributed by atoms with Crippen molar-refractivity contribution in [2.45, 2.75) is 24.8 Å². The topological polar surface area (TPSA) is 58.0 Å². The van der Waals surface area contributed by atoms with Gasteiger partial charge in [0.1, 0.15) is 5.82 Å². The van der Waals surface area contributed by atoms with Gasteiger partial charge < -0.3 is 10.4 Å². The zero-order chi connectivity index (χ0) is 9.15. The molecule has 0 unspecified atom stereocenters. The summed E-state index contributed by atoms with van der Waals surface area (Å²) in [7, 11) is 0. The van der Waals surface area contributed by atoms with Crippen LogP contribution in [0.25, 0.3) is 0 Å². The van der Waals surface area contributed by atoms with Crippen LogP contribution in [0, 0.1) is 0 Å². The van der Waals surface area contributed by atoms with E-state index < -0.39 is 0 Å². The quantitative estimate of drug-likeness (QED) is 0.720. The molecule has 0 radical (unpaired) electrons. The molecule has 4 heteroatoms. The van der Waals surface area contributed by atoms with E-state index in [2.05, 4.69) is 15.5 Å². The van der Waals surface area contributed by atoms with Gasteiger partial charge in [-0.2, -0.15) is 5.10 Å². The van der Waals surface area contributed by atoms with Crippen LogP contribution in [0.4, 0.5) is 5.82 Å². The van der Waals surface area contributed by atoms with Gasteiger partial charge in [-0.05, 0) is 31.4 Å². The molecule has 1 aromatic rings. The van der Waals surface area contributed by atoms with E-state index in [4.69, 9.17) is 0 Å². The van der Waals surface area contributed by atoms with Crippen molar-refractivity contribution >= 4 is 5.82 Å². The molecule has 0 bridgehead atoms. The summed E-state index contributed by atoms with van der Waals surface area (Å²) in [6.45, 7) is 0.170. The zero-order valence-corrected chi connectivity index (χ0v) is 7.40. The maximum Gasteiger partial charge on any atom is 0.149 e. The Balaban J connectivity index is 2.05. The van der Waals surface area contributed by atoms with Crippen LogP contribution < -0.4 is 5.32 Å². The number of rotatable bonds is 3. The van der Waals surface area contributed by atoms with Crippen LogP contribution in [0.15, 0.2) is 18.3 Å². The van der Waals surface area contributed by atoms with Gasteiger partial charge in [0.2, 0.25) is 0 Å². The molecule has 1 fully saturated rings. The van der Waals surface area contributed by atoms with Crippen molar-refractivity contribution in [1.29, 1.82) is 0 Å². The molecule has 0 saturated heterocycles. The average Bonchev–Trinajstić information content (AvgIpc) is 2.13. The minimum atomic E-state index is -0.129. The van der Waals surface area contributed by atoms with Gasteiger partial charge in [0.05, 0.1) is 12.1 Å². The second-order valence-electron chi connectivity index (χ2n) is 3.53. The Labute approximate surface area is 77.0 Å². The maximum absolute atomic E-state index is 9.19. The standard InChI is InChI=1S/C9H13N3O/c13-7-9(4-2-5-9)11-8-3-1-6-10-12-8/h1,3,6,13H,2,4-5,7H2,(H,11,12). The molecule has 0 spiro atoms. The summed E-state index contributed by atoms with van der Waals surface area (Å²) in [6, 6.07) is 3.70. The van der Waals surface area contributed by atoms with Gasteiger partial charge in [-0.1, -0.05) is 0 Å². The number of aromatic nitrogens is 2. The molecule has 0 aliphatic heterocycles. The van der Waals surface area contributed by atoms with Crippen molar-refractivity contribution in [3.8, 4) is 0 Å². The van der Waals surface area contributed by atoms with Gasteiger partial charge in [-0.15, -0.1) is 5.10 Å². The highest BCUT2D eigenvalue weighted by molar-refractivity contribution is 5.36. The summed E-state index contributed by atoms with van der Waals surface area (Å²) in [5.74, 6) is 0.747. The lowest BCUT2D eigenvalue weighted by Crippen LogP contribution is -2.48. The predicted octanol–water partition coefficient (Wildman–Crippen LogP) is 0.804. The predicted molar refractivity (Wildman–Crippen MR) is 49.3 cm³/mol. The lowest BCUT2D eigenvalue weighted by atomic mass is 9.77. The van der Waals surface area contributed by atoms with Crippen LogP contribution in [0.2, 0.25) is 0 Å². The SMILES string of the molecule is OCC1(Nc2cccnn2)CCC1. The van der Waals surface area contributed by atoms with Crippen LogP contribution in [-0.2, 0) is 0 Å². The van der Waals surface area contributed by atoms with Crippen LogP contribution >= 0.6 is 0 Å². The van der Waals surface area contributed by atoms with Gasteiger partial charge in [0.15, 0.2) is 0 Å². The monoisotopic (exact) mass is 179 g/mol. The molecular weight excluding hydrogens is 166 g/mol. The van der Waals surface area contributed by atoms with Crippen molar-refractivity contribution in [2.24, 2.45) is 0 Å². The molecule has 0 aromatic carbocycles. The molecule has 2 rings (SSSR count). The smallest absolute Gasteiger partial charge is 0.149 e. The van der Waals surface area contributed by atoms with Gasteiger partial charge >= 0.3 is 0 Å². The van der Waals surface area contributed by atoms with E-state index in [1.54, 1.807) is 6.20 Å². The number of anilines is 1. The molecule has 1 saturated carbocycles. The molecular formula is C9H13N3O. The molecule has 13 heavy (non-hydrogen) atoms. The molecule has 0 amide bonds. The number of hydrogen-bond acceptors (Lipinski definition) is 4. The Morgan fingerprint density at radius 1 is 1.54 bits per heavy atom. The number of nitrogens with zero attached hydrogens (tertiary/aromatic N) is 2. The Hall–Kier alpha value is -1.16. The molecule has 1 heterocycles. The second kappa shape index (κ2) is 3.30. The van der Waals surface area contributed by atoms with E-state index in [9.17, 15) is 5.11 Å². The normalized spacial score (nSPS) is 19.2. The van der Waals surface area contributed by atoms with Crippen molar-refractivity contribution in [3.63, 3.8) is 0 Å². The fourth-order valence-corrected chi connectivity index (χ4v) is 1.57. The number of nitrogens with one attached hydrogen (secondary N) is 1. The summed E-state index contributed by atoms with van der Waals surface area (Å²) in [5, 5.41) is 20.1. The molecule has 1 aliphatic rings. The molecule has 1 aliphatic carbocycles. The van der Waals surface area contributed by atoms with Crippen LogP contribution in [0.1, 0.15) is 19.3 Å². The minimum Gasteiger partial charge on any atom is -0.394 e. The molecule has 2 N–H and O–H groups in total. The van der Waals surface area contributed by atoms with Gasteiger partial charge in [0, 0.05) is 6.20 Å². The third-order valence-corrected chi connectivity index (χ3v) is 2.58. The lowest BCUT2D eigenvalue weighted by molar-refractivity contribution is 0.143. The van der Waals surface area contributed by atoms with Gasteiger partial charge in [-0.3, -0.25) is 0 Å². The van der Waals surface area contributed by atoms with E-state index in [1.165, 1.54) is 6.42 Å². The third-order valence-electron chi connectivity index (χ3n) is 2.58. The Morgan fingerprint density at radius 3 is 2.85 bits per heavy atom. The molecule has 70 valence electrons. The first-order chi connectivity index (χ1) is 6.35. The highest BCUT2D eigenvalue weighted by atomic mass is 16.3. The van der Waals surface area contributed by atoms with E-state index in [1.807, 2.05) is 12.1 Å². The zero-order valence-electron chi connectivity index (χ0n) is 7.40. The summed E-state index contributed by atoms with van der Waals surface area (Å²) < 4.78 is 0. The molecule has 0 atom stereocenters. The summed E-state index contributed by atoms with van der Waals surface area (Å²) in [6.07, 6.45) is 4.84. The fourth-order valence-electron chi connectivity index (χ4n) is 1.57. The van der Waals surface area contributed by atoms with Crippen LogP contribution in [-0.4, -0.2) is 27.4 Å². The Bertz CT molecular complexity index is 266. The second-order valence-corrected chi connectivity index (χ2v) is 3.53. The van der Waals surface area contributed by atoms with E-state index in [-0.39, 0.29) is 12.1 Å². The van der Waals surface area contributed by atoms with E-state index in [0.29, 0.717) is 0 Å². The maximum atomic E-state index is 9.19. The summed E-state index contributed by atoms with van der Waals surface area (Å²) in [5.41, 5.74) is -0.129. The summed E-state index contributed by atoms with van der Waals surface area (Å²) in [4.78, 5) is 0. The van der Waals surface area contributed by atoms with Crippen LogP contribution in [0.5, 0.6) is 0 Å². The first-order valence-electron chi connectivity index (χ1n) is 4.51. The third kappa shape index (κ3) is 1.62. The van der Waals surface area contributed by atoms with E-state index in [0.717, 1.165) is 18.7 Å². The van der Waals surface area contributed by atoms with Gasteiger partial charge in [-0.25, -0.2) is 0 Å². The fraction of sp³-hybridized carbons (Fsp3) is 0.556. The van der Waals surface area contributed by atoms with Gasteiger partial charge in [0.25, 0.3) is 0 Å². The number of aliphatic hydroxyl groups is 1. The van der Waals surface area contributed by atoms with E-state index >= 15 is 0 Å². The van der Waals surface area contributed by atoms with Crippen molar-refractivity contribution in [1.82, 2.24) is 10.2 Å².